The molecule has 0 bridgehead atoms. The van der Waals surface area contributed by atoms with Crippen LogP contribution in [0.15, 0.2) is 24.3 Å². The zero-order valence-electron chi connectivity index (χ0n) is 11.3. The second-order valence-electron chi connectivity index (χ2n) is 4.50. The Morgan fingerprint density at radius 2 is 2.20 bits per heavy atom. The van der Waals surface area contributed by atoms with Gasteiger partial charge in [0.25, 0.3) is 5.91 Å². The van der Waals surface area contributed by atoms with Gasteiger partial charge >= 0.3 is 5.97 Å². The molecule has 0 aromatic heterocycles. The molecule has 0 aliphatic rings. The van der Waals surface area contributed by atoms with Crippen LogP contribution in [0.3, 0.4) is 0 Å². The Kier molecular flexibility index (Phi) is 6.87. The van der Waals surface area contributed by atoms with Crippen LogP contribution in [-0.2, 0) is 9.59 Å². The molecule has 1 aromatic carbocycles. The maximum atomic E-state index is 11.6. The summed E-state index contributed by atoms with van der Waals surface area (Å²) >= 11 is 5.80. The van der Waals surface area contributed by atoms with Crippen molar-refractivity contribution in [1.29, 1.82) is 0 Å². The molecule has 0 aliphatic carbocycles. The molecule has 0 aliphatic heterocycles. The molecule has 6 heteroatoms. The quantitative estimate of drug-likeness (QED) is 0.773. The number of hydrogen-bond donors (Lipinski definition) is 2. The van der Waals surface area contributed by atoms with Crippen LogP contribution in [0.2, 0.25) is 5.02 Å². The topological polar surface area (TPSA) is 75.6 Å². The lowest BCUT2D eigenvalue weighted by molar-refractivity contribution is -0.137. The summed E-state index contributed by atoms with van der Waals surface area (Å²) in [6.45, 7) is 1.74. The predicted molar refractivity (Wildman–Crippen MR) is 76.0 cm³/mol. The van der Waals surface area contributed by atoms with Crippen LogP contribution in [0.1, 0.15) is 26.2 Å². The van der Waals surface area contributed by atoms with Crippen molar-refractivity contribution in [3.63, 3.8) is 0 Å². The third-order valence-electron chi connectivity index (χ3n) is 2.60. The number of rotatable bonds is 8. The Bertz CT molecular complexity index is 464. The van der Waals surface area contributed by atoms with Gasteiger partial charge in [0, 0.05) is 17.5 Å². The Balaban J connectivity index is 2.24. The van der Waals surface area contributed by atoms with E-state index in [-0.39, 0.29) is 25.0 Å². The van der Waals surface area contributed by atoms with Crippen molar-refractivity contribution < 1.29 is 19.4 Å². The smallest absolute Gasteiger partial charge is 0.303 e. The molecule has 0 heterocycles. The van der Waals surface area contributed by atoms with Gasteiger partial charge in [0.1, 0.15) is 5.75 Å². The van der Waals surface area contributed by atoms with E-state index in [1.54, 1.807) is 24.3 Å². The standard InChI is InChI=1S/C14H18ClNO4/c1-10(4-2-7-14(18)19)16-13(17)9-20-12-6-3-5-11(15)8-12/h3,5-6,8,10H,2,4,7,9H2,1H3,(H,16,17)(H,18,19). The summed E-state index contributed by atoms with van der Waals surface area (Å²) in [5, 5.41) is 11.8. The van der Waals surface area contributed by atoms with Crippen molar-refractivity contribution in [3.8, 4) is 5.75 Å². The fraction of sp³-hybridized carbons (Fsp3) is 0.429. The van der Waals surface area contributed by atoms with E-state index >= 15 is 0 Å². The largest absolute Gasteiger partial charge is 0.484 e. The zero-order valence-corrected chi connectivity index (χ0v) is 12.0. The molecule has 0 fully saturated rings. The van der Waals surface area contributed by atoms with Crippen molar-refractivity contribution in [2.24, 2.45) is 0 Å². The van der Waals surface area contributed by atoms with E-state index in [0.29, 0.717) is 23.6 Å². The van der Waals surface area contributed by atoms with Gasteiger partial charge in [-0.05, 0) is 38.0 Å². The number of nitrogens with one attached hydrogen (secondary N) is 1. The molecular formula is C14H18ClNO4. The molecule has 1 rings (SSSR count). The monoisotopic (exact) mass is 299 g/mol. The van der Waals surface area contributed by atoms with E-state index in [2.05, 4.69) is 5.32 Å². The summed E-state index contributed by atoms with van der Waals surface area (Å²) in [6, 6.07) is 6.73. The van der Waals surface area contributed by atoms with E-state index < -0.39 is 5.97 Å². The summed E-state index contributed by atoms with van der Waals surface area (Å²) in [5.41, 5.74) is 0. The first-order chi connectivity index (χ1) is 9.47. The van der Waals surface area contributed by atoms with Crippen molar-refractivity contribution in [2.75, 3.05) is 6.61 Å². The first-order valence-corrected chi connectivity index (χ1v) is 6.74. The number of ether oxygens (including phenoxy) is 1. The lowest BCUT2D eigenvalue weighted by Crippen LogP contribution is -2.36. The first-order valence-electron chi connectivity index (χ1n) is 6.37. The first kappa shape index (κ1) is 16.3. The van der Waals surface area contributed by atoms with Gasteiger partial charge in [0.05, 0.1) is 0 Å². The fourth-order valence-corrected chi connectivity index (χ4v) is 1.83. The van der Waals surface area contributed by atoms with Crippen molar-refractivity contribution in [3.05, 3.63) is 29.3 Å². The molecule has 2 N–H and O–H groups in total. The molecule has 1 atom stereocenters. The second-order valence-corrected chi connectivity index (χ2v) is 4.94. The van der Waals surface area contributed by atoms with Crippen LogP contribution in [-0.4, -0.2) is 29.6 Å². The Morgan fingerprint density at radius 3 is 2.85 bits per heavy atom. The summed E-state index contributed by atoms with van der Waals surface area (Å²) in [7, 11) is 0. The van der Waals surface area contributed by atoms with Crippen molar-refractivity contribution in [2.45, 2.75) is 32.2 Å². The second kappa shape index (κ2) is 8.43. The lowest BCUT2D eigenvalue weighted by atomic mass is 10.1. The number of amides is 1. The van der Waals surface area contributed by atoms with E-state index in [1.165, 1.54) is 0 Å². The number of benzene rings is 1. The number of carboxylic acid groups (broad SMARTS) is 1. The molecule has 1 amide bonds. The summed E-state index contributed by atoms with van der Waals surface area (Å²) in [4.78, 5) is 22.0. The minimum absolute atomic E-state index is 0.0789. The fourth-order valence-electron chi connectivity index (χ4n) is 1.65. The van der Waals surface area contributed by atoms with E-state index in [9.17, 15) is 9.59 Å². The number of hydrogen-bond acceptors (Lipinski definition) is 3. The Labute approximate surface area is 122 Å². The van der Waals surface area contributed by atoms with Crippen LogP contribution in [0, 0.1) is 0 Å². The number of carbonyl (C=O) groups is 2. The minimum atomic E-state index is -0.826. The molecule has 20 heavy (non-hydrogen) atoms. The van der Waals surface area contributed by atoms with Gasteiger partial charge in [-0.15, -0.1) is 0 Å². The molecule has 0 saturated heterocycles. The van der Waals surface area contributed by atoms with Gasteiger partial charge in [-0.1, -0.05) is 17.7 Å². The molecule has 110 valence electrons. The maximum Gasteiger partial charge on any atom is 0.303 e. The highest BCUT2D eigenvalue weighted by Crippen LogP contribution is 2.16. The lowest BCUT2D eigenvalue weighted by Gasteiger charge is -2.13. The zero-order chi connectivity index (χ0) is 15.0. The van der Waals surface area contributed by atoms with Crippen LogP contribution >= 0.6 is 11.6 Å². The average molecular weight is 300 g/mol. The van der Waals surface area contributed by atoms with Gasteiger partial charge in [-0.25, -0.2) is 0 Å². The summed E-state index contributed by atoms with van der Waals surface area (Å²) in [6.07, 6.45) is 1.26. The SMILES string of the molecule is CC(CCCC(=O)O)NC(=O)COc1cccc(Cl)c1. The number of carboxylic acids is 1. The maximum absolute atomic E-state index is 11.6. The van der Waals surface area contributed by atoms with Gasteiger partial charge < -0.3 is 15.2 Å². The summed E-state index contributed by atoms with van der Waals surface area (Å²) < 4.78 is 5.30. The molecular weight excluding hydrogens is 282 g/mol. The number of aliphatic carboxylic acids is 1. The Hall–Kier alpha value is -1.75. The molecule has 0 radical (unpaired) electrons. The third kappa shape index (κ3) is 6.99. The molecule has 0 spiro atoms. The molecule has 1 aromatic rings. The highest BCUT2D eigenvalue weighted by molar-refractivity contribution is 6.30. The molecule has 5 nitrogen and oxygen atoms in total. The van der Waals surface area contributed by atoms with Crippen molar-refractivity contribution >= 4 is 23.5 Å². The highest BCUT2D eigenvalue weighted by atomic mass is 35.5. The predicted octanol–water partition coefficient (Wildman–Crippen LogP) is 2.48. The van der Waals surface area contributed by atoms with Gasteiger partial charge in [-0.2, -0.15) is 0 Å². The summed E-state index contributed by atoms with van der Waals surface area (Å²) in [5.74, 6) is -0.535. The van der Waals surface area contributed by atoms with E-state index in [1.807, 2.05) is 6.92 Å². The third-order valence-corrected chi connectivity index (χ3v) is 2.84. The van der Waals surface area contributed by atoms with Crippen molar-refractivity contribution in [1.82, 2.24) is 5.32 Å². The van der Waals surface area contributed by atoms with Crippen LogP contribution in [0.25, 0.3) is 0 Å². The average Bonchev–Trinajstić information content (AvgIpc) is 2.36. The van der Waals surface area contributed by atoms with E-state index in [4.69, 9.17) is 21.4 Å². The minimum Gasteiger partial charge on any atom is -0.484 e. The van der Waals surface area contributed by atoms with Gasteiger partial charge in [0.2, 0.25) is 0 Å². The van der Waals surface area contributed by atoms with E-state index in [0.717, 1.165) is 0 Å². The number of halogens is 1. The van der Waals surface area contributed by atoms with Crippen LogP contribution in [0.5, 0.6) is 5.75 Å². The van der Waals surface area contributed by atoms with Gasteiger partial charge in [0.15, 0.2) is 6.61 Å². The van der Waals surface area contributed by atoms with Gasteiger partial charge in [-0.3, -0.25) is 9.59 Å². The van der Waals surface area contributed by atoms with Crippen LogP contribution < -0.4 is 10.1 Å². The highest BCUT2D eigenvalue weighted by Gasteiger charge is 2.09. The molecule has 1 unspecified atom stereocenters. The number of carbonyl (C=O) groups excluding carboxylic acids is 1. The molecule has 0 saturated carbocycles. The Morgan fingerprint density at radius 1 is 1.45 bits per heavy atom. The normalized spacial score (nSPS) is 11.7. The van der Waals surface area contributed by atoms with Crippen LogP contribution in [0.4, 0.5) is 0 Å².